The van der Waals surface area contributed by atoms with Gasteiger partial charge in [-0.2, -0.15) is 0 Å². The Morgan fingerprint density at radius 2 is 1.09 bits per heavy atom. The van der Waals surface area contributed by atoms with Crippen molar-refractivity contribution in [2.75, 3.05) is 0 Å². The molecule has 2 heteroatoms. The largest absolute Gasteiger partial charge is 0.247 e. The molecule has 0 saturated carbocycles. The molecule has 2 heterocycles. The third kappa shape index (κ3) is 7.69. The van der Waals surface area contributed by atoms with Crippen LogP contribution in [0.1, 0.15) is 36.8 Å². The molecule has 5 aromatic carbocycles. The third-order valence-corrected chi connectivity index (χ3v) is 10.4. The average Bonchev–Trinajstić information content (AvgIpc) is 3.28. The summed E-state index contributed by atoms with van der Waals surface area (Å²) < 4.78 is 0. The van der Waals surface area contributed by atoms with E-state index < -0.39 is 0 Å². The summed E-state index contributed by atoms with van der Waals surface area (Å²) in [5.74, 6) is 0.222. The number of pyridine rings is 2. The molecular formula is C54H44N2. The quantitative estimate of drug-likeness (QED) is 0.124. The van der Waals surface area contributed by atoms with Gasteiger partial charge in [-0.05, 0) is 58.9 Å². The summed E-state index contributed by atoms with van der Waals surface area (Å²) in [6, 6.07) is 55.9. The van der Waals surface area contributed by atoms with Crippen molar-refractivity contribution in [3.8, 4) is 67.3 Å². The topological polar surface area (TPSA) is 25.8 Å². The molecule has 0 N–H and O–H groups in total. The molecule has 2 nitrogen and oxygen atoms in total. The van der Waals surface area contributed by atoms with E-state index in [1.165, 1.54) is 22.3 Å². The third-order valence-electron chi connectivity index (χ3n) is 10.4. The Labute approximate surface area is 331 Å². The van der Waals surface area contributed by atoms with Crippen molar-refractivity contribution in [2.45, 2.75) is 25.7 Å². The number of allylic oxidation sites excluding steroid dienone is 9. The van der Waals surface area contributed by atoms with Crippen LogP contribution in [0.4, 0.5) is 0 Å². The highest BCUT2D eigenvalue weighted by Crippen LogP contribution is 2.43. The van der Waals surface area contributed by atoms with Crippen molar-refractivity contribution in [3.63, 3.8) is 0 Å². The molecule has 0 aliphatic heterocycles. The zero-order chi connectivity index (χ0) is 38.1. The molecule has 270 valence electrons. The molecule has 1 atom stereocenters. The van der Waals surface area contributed by atoms with E-state index in [1.54, 1.807) is 0 Å². The van der Waals surface area contributed by atoms with Gasteiger partial charge in [0.15, 0.2) is 0 Å². The minimum absolute atomic E-state index is 0.222. The van der Waals surface area contributed by atoms with Gasteiger partial charge >= 0.3 is 0 Å². The van der Waals surface area contributed by atoms with E-state index in [2.05, 4.69) is 208 Å². The molecule has 0 spiro atoms. The molecule has 1 aliphatic carbocycles. The molecule has 2 aromatic heterocycles. The first kappa shape index (κ1) is 36.1. The van der Waals surface area contributed by atoms with Crippen LogP contribution in [0.2, 0.25) is 0 Å². The van der Waals surface area contributed by atoms with Crippen LogP contribution in [-0.4, -0.2) is 9.97 Å². The second kappa shape index (κ2) is 17.1. The van der Waals surface area contributed by atoms with Crippen molar-refractivity contribution >= 4 is 5.57 Å². The lowest BCUT2D eigenvalue weighted by Crippen LogP contribution is -2.04. The number of hydrogen-bond donors (Lipinski definition) is 0. The summed E-state index contributed by atoms with van der Waals surface area (Å²) in [6.07, 6.45) is 18.8. The fourth-order valence-electron chi connectivity index (χ4n) is 7.66. The Morgan fingerprint density at radius 3 is 1.62 bits per heavy atom. The first-order chi connectivity index (χ1) is 27.7. The van der Waals surface area contributed by atoms with E-state index in [4.69, 9.17) is 9.97 Å². The van der Waals surface area contributed by atoms with Crippen LogP contribution in [0, 0.1) is 0 Å². The maximum Gasteiger partial charge on any atom is 0.0793 e. The molecule has 0 radical (unpaired) electrons. The van der Waals surface area contributed by atoms with Gasteiger partial charge in [-0.25, -0.2) is 9.97 Å². The van der Waals surface area contributed by atoms with Crippen molar-refractivity contribution in [1.29, 1.82) is 0 Å². The summed E-state index contributed by atoms with van der Waals surface area (Å²) in [6.45, 7) is 6.12. The van der Waals surface area contributed by atoms with E-state index in [9.17, 15) is 0 Å². The smallest absolute Gasteiger partial charge is 0.0793 e. The van der Waals surface area contributed by atoms with Crippen LogP contribution < -0.4 is 0 Å². The molecule has 0 bridgehead atoms. The zero-order valence-corrected chi connectivity index (χ0v) is 31.7. The molecule has 7 aromatic rings. The SMILES string of the molecule is C=C/C=C\C=C(/CC)c1cc(-c2cccc(-c3cc(C4C=CC=CC4)c(-c4ccccc4)c(-c4ccccc4)n3)c2)nc(-c2ccccc2)c1-c1ccccc1. The molecule has 0 amide bonds. The predicted octanol–water partition coefficient (Wildman–Crippen LogP) is 14.6. The van der Waals surface area contributed by atoms with Crippen LogP contribution in [0.15, 0.2) is 213 Å². The number of aromatic nitrogens is 2. The lowest BCUT2D eigenvalue weighted by atomic mass is 9.84. The summed E-state index contributed by atoms with van der Waals surface area (Å²) in [4.78, 5) is 11.0. The highest BCUT2D eigenvalue weighted by Gasteiger charge is 2.23. The van der Waals surface area contributed by atoms with Crippen molar-refractivity contribution in [1.82, 2.24) is 9.97 Å². The first-order valence-corrected chi connectivity index (χ1v) is 19.5. The van der Waals surface area contributed by atoms with Gasteiger partial charge in [0, 0.05) is 39.3 Å². The van der Waals surface area contributed by atoms with E-state index >= 15 is 0 Å². The van der Waals surface area contributed by atoms with Crippen LogP contribution in [-0.2, 0) is 0 Å². The monoisotopic (exact) mass is 720 g/mol. The van der Waals surface area contributed by atoms with Crippen LogP contribution in [0.25, 0.3) is 72.9 Å². The van der Waals surface area contributed by atoms with Crippen molar-refractivity contribution in [2.24, 2.45) is 0 Å². The second-order valence-corrected chi connectivity index (χ2v) is 14.0. The number of benzene rings is 5. The van der Waals surface area contributed by atoms with E-state index in [0.29, 0.717) is 0 Å². The molecule has 56 heavy (non-hydrogen) atoms. The Balaban J connectivity index is 1.36. The van der Waals surface area contributed by atoms with Crippen LogP contribution in [0.5, 0.6) is 0 Å². The Kier molecular flexibility index (Phi) is 11.0. The Hall–Kier alpha value is -6.90. The maximum absolute atomic E-state index is 5.51. The second-order valence-electron chi connectivity index (χ2n) is 14.0. The van der Waals surface area contributed by atoms with Gasteiger partial charge in [-0.15, -0.1) is 0 Å². The normalized spacial score (nSPS) is 13.9. The van der Waals surface area contributed by atoms with Gasteiger partial charge in [0.25, 0.3) is 0 Å². The van der Waals surface area contributed by atoms with E-state index in [1.807, 2.05) is 12.2 Å². The first-order valence-electron chi connectivity index (χ1n) is 19.5. The number of hydrogen-bond acceptors (Lipinski definition) is 2. The molecule has 0 fully saturated rings. The van der Waals surface area contributed by atoms with Crippen LogP contribution in [0.3, 0.4) is 0 Å². The minimum atomic E-state index is 0.222. The molecule has 0 saturated heterocycles. The van der Waals surface area contributed by atoms with Crippen LogP contribution >= 0.6 is 0 Å². The van der Waals surface area contributed by atoms with Gasteiger partial charge in [-0.1, -0.05) is 202 Å². The Bertz CT molecular complexity index is 2580. The standard InChI is InChI=1S/C54H44N2/c1-3-5-11-23-39(4-2)47-37-49(55-53(43-30-18-9-19-31-43)51(47)41-26-14-7-15-27-41)45-34-22-35-46(36-45)50-38-48(40-24-12-6-13-25-40)52(42-28-16-8-17-29-42)54(56-50)44-32-20-10-21-33-44/h3,5-24,26-38,40H,1,4,25H2,2H3/b11-5-,39-23+. The van der Waals surface area contributed by atoms with E-state index in [0.717, 1.165) is 74.6 Å². The molecular weight excluding hydrogens is 677 g/mol. The van der Waals surface area contributed by atoms with E-state index in [-0.39, 0.29) is 5.92 Å². The maximum atomic E-state index is 5.51. The molecule has 8 rings (SSSR count). The average molecular weight is 721 g/mol. The van der Waals surface area contributed by atoms with Gasteiger partial charge in [0.1, 0.15) is 0 Å². The number of nitrogens with zero attached hydrogens (tertiary/aromatic N) is 2. The fourth-order valence-corrected chi connectivity index (χ4v) is 7.66. The van der Waals surface area contributed by atoms with Gasteiger partial charge in [0.2, 0.25) is 0 Å². The summed E-state index contributed by atoms with van der Waals surface area (Å²) in [5, 5.41) is 0. The van der Waals surface area contributed by atoms with Gasteiger partial charge in [0.05, 0.1) is 22.8 Å². The van der Waals surface area contributed by atoms with Gasteiger partial charge < -0.3 is 0 Å². The minimum Gasteiger partial charge on any atom is -0.247 e. The Morgan fingerprint density at radius 1 is 0.571 bits per heavy atom. The summed E-state index contributed by atoms with van der Waals surface area (Å²) in [5.41, 5.74) is 16.3. The lowest BCUT2D eigenvalue weighted by molar-refractivity contribution is 0.854. The number of rotatable bonds is 11. The summed E-state index contributed by atoms with van der Waals surface area (Å²) in [7, 11) is 0. The predicted molar refractivity (Wildman–Crippen MR) is 238 cm³/mol. The highest BCUT2D eigenvalue weighted by atomic mass is 14.7. The van der Waals surface area contributed by atoms with Crippen molar-refractivity contribution in [3.05, 3.63) is 224 Å². The molecule has 1 aliphatic rings. The highest BCUT2D eigenvalue weighted by molar-refractivity contribution is 5.93. The zero-order valence-electron chi connectivity index (χ0n) is 31.7. The van der Waals surface area contributed by atoms with Gasteiger partial charge in [-0.3, -0.25) is 0 Å². The summed E-state index contributed by atoms with van der Waals surface area (Å²) >= 11 is 0. The van der Waals surface area contributed by atoms with Crippen molar-refractivity contribution < 1.29 is 0 Å². The fraction of sp³-hybridized carbons (Fsp3) is 0.0741. The lowest BCUT2D eigenvalue weighted by Gasteiger charge is -2.23. The molecule has 1 unspecified atom stereocenters.